The molecule has 1 N–H and O–H groups in total. The van der Waals surface area contributed by atoms with E-state index in [1.54, 1.807) is 10.9 Å². The zero-order valence-corrected chi connectivity index (χ0v) is 20.3. The smallest absolute Gasteiger partial charge is 0.407 e. The summed E-state index contributed by atoms with van der Waals surface area (Å²) in [5.41, 5.74) is 2.20. The van der Waals surface area contributed by atoms with Crippen LogP contribution in [-0.4, -0.2) is 33.8 Å². The Hall–Kier alpha value is -2.64. The maximum absolute atomic E-state index is 13.1. The lowest BCUT2D eigenvalue weighted by molar-refractivity contribution is 0.0516. The minimum absolute atomic E-state index is 0.0338. The van der Waals surface area contributed by atoms with E-state index in [1.807, 2.05) is 69.6 Å². The molecule has 0 fully saturated rings. The topological polar surface area (TPSA) is 73.2 Å². The van der Waals surface area contributed by atoms with Crippen molar-refractivity contribution >= 4 is 34.8 Å². The summed E-state index contributed by atoms with van der Waals surface area (Å²) >= 11 is 7.64. The van der Waals surface area contributed by atoms with Gasteiger partial charge >= 0.3 is 6.09 Å². The van der Waals surface area contributed by atoms with E-state index in [9.17, 15) is 9.59 Å². The van der Waals surface area contributed by atoms with Gasteiger partial charge in [0.1, 0.15) is 5.60 Å². The van der Waals surface area contributed by atoms with Crippen LogP contribution >= 0.6 is 22.9 Å². The van der Waals surface area contributed by atoms with Gasteiger partial charge in [0.15, 0.2) is 5.78 Å². The number of hydrogen-bond donors (Lipinski definition) is 1. The average molecular weight is 474 g/mol. The summed E-state index contributed by atoms with van der Waals surface area (Å²) < 4.78 is 7.04. The van der Waals surface area contributed by atoms with Crippen LogP contribution in [0.3, 0.4) is 0 Å². The molecule has 0 aliphatic rings. The average Bonchev–Trinajstić information content (AvgIpc) is 3.32. The maximum atomic E-state index is 13.1. The monoisotopic (exact) mass is 473 g/mol. The number of rotatable bonds is 8. The second-order valence-corrected chi connectivity index (χ2v) is 10.0. The highest BCUT2D eigenvalue weighted by Gasteiger charge is 2.22. The SMILES string of the molecule is Cn1ncc(Cl)c1-c1csc(C(=O)CC(CNC(=O)OC(C)(C)C)Cc2ccccc2)c1. The van der Waals surface area contributed by atoms with Gasteiger partial charge < -0.3 is 10.1 Å². The molecular weight excluding hydrogens is 446 g/mol. The molecule has 1 amide bonds. The molecular formula is C24H28ClN3O3S. The van der Waals surface area contributed by atoms with E-state index in [1.165, 1.54) is 11.3 Å². The van der Waals surface area contributed by atoms with Crippen molar-refractivity contribution in [1.82, 2.24) is 15.1 Å². The lowest BCUT2D eigenvalue weighted by Gasteiger charge is -2.22. The lowest BCUT2D eigenvalue weighted by Crippen LogP contribution is -2.36. The number of benzene rings is 1. The third-order valence-corrected chi connectivity index (χ3v) is 6.06. The largest absolute Gasteiger partial charge is 0.444 e. The number of hydrogen-bond acceptors (Lipinski definition) is 5. The van der Waals surface area contributed by atoms with Crippen molar-refractivity contribution < 1.29 is 14.3 Å². The summed E-state index contributed by atoms with van der Waals surface area (Å²) in [6.45, 7) is 5.81. The van der Waals surface area contributed by atoms with E-state index in [2.05, 4.69) is 10.4 Å². The Labute approximate surface area is 197 Å². The normalized spacial score (nSPS) is 12.4. The summed E-state index contributed by atoms with van der Waals surface area (Å²) in [6, 6.07) is 11.8. The molecule has 0 aliphatic heterocycles. The minimum Gasteiger partial charge on any atom is -0.444 e. The fraction of sp³-hybridized carbons (Fsp3) is 0.375. The van der Waals surface area contributed by atoms with E-state index in [0.29, 0.717) is 29.3 Å². The van der Waals surface area contributed by atoms with Gasteiger partial charge in [-0.25, -0.2) is 4.79 Å². The maximum Gasteiger partial charge on any atom is 0.407 e. The first-order valence-electron chi connectivity index (χ1n) is 10.4. The first kappa shape index (κ1) is 24.0. The number of carbonyl (C=O) groups excluding carboxylic acids is 2. The van der Waals surface area contributed by atoms with Crippen molar-refractivity contribution in [3.63, 3.8) is 0 Å². The van der Waals surface area contributed by atoms with Gasteiger partial charge in [0.25, 0.3) is 0 Å². The number of ether oxygens (including phenoxy) is 1. The number of aryl methyl sites for hydroxylation is 1. The van der Waals surface area contributed by atoms with E-state index < -0.39 is 11.7 Å². The predicted octanol–water partition coefficient (Wildman–Crippen LogP) is 5.76. The van der Waals surface area contributed by atoms with Crippen LogP contribution in [-0.2, 0) is 18.2 Å². The molecule has 6 nitrogen and oxygen atoms in total. The summed E-state index contributed by atoms with van der Waals surface area (Å²) in [6.07, 6.45) is 2.10. The van der Waals surface area contributed by atoms with Gasteiger partial charge in [-0.05, 0) is 44.7 Å². The van der Waals surface area contributed by atoms with E-state index in [4.69, 9.17) is 16.3 Å². The van der Waals surface area contributed by atoms with Crippen LogP contribution < -0.4 is 5.32 Å². The molecule has 0 spiro atoms. The molecule has 1 unspecified atom stereocenters. The highest BCUT2D eigenvalue weighted by Crippen LogP contribution is 2.31. The van der Waals surface area contributed by atoms with Gasteiger partial charge in [0.05, 0.1) is 21.8 Å². The molecule has 2 heterocycles. The molecule has 0 radical (unpaired) electrons. The fourth-order valence-corrected chi connectivity index (χ4v) is 4.53. The molecule has 3 rings (SSSR count). The molecule has 1 aromatic carbocycles. The summed E-state index contributed by atoms with van der Waals surface area (Å²) in [4.78, 5) is 25.9. The number of nitrogens with zero attached hydrogens (tertiary/aromatic N) is 2. The minimum atomic E-state index is -0.574. The van der Waals surface area contributed by atoms with Gasteiger partial charge in [0, 0.05) is 31.0 Å². The van der Waals surface area contributed by atoms with Crippen LogP contribution in [0.4, 0.5) is 4.79 Å². The van der Waals surface area contributed by atoms with Crippen LogP contribution in [0, 0.1) is 5.92 Å². The number of nitrogens with one attached hydrogen (secondary N) is 1. The van der Waals surface area contributed by atoms with Crippen LogP contribution in [0.5, 0.6) is 0 Å². The van der Waals surface area contributed by atoms with Gasteiger partial charge in [-0.1, -0.05) is 41.9 Å². The van der Waals surface area contributed by atoms with Crippen molar-refractivity contribution in [3.8, 4) is 11.3 Å². The highest BCUT2D eigenvalue weighted by atomic mass is 35.5. The zero-order chi connectivity index (χ0) is 23.3. The van der Waals surface area contributed by atoms with Gasteiger partial charge in [-0.2, -0.15) is 5.10 Å². The number of ketones is 1. The fourth-order valence-electron chi connectivity index (χ4n) is 3.41. The summed E-state index contributed by atoms with van der Waals surface area (Å²) in [7, 11) is 1.82. The summed E-state index contributed by atoms with van der Waals surface area (Å²) in [5, 5.41) is 9.45. The van der Waals surface area contributed by atoms with Gasteiger partial charge in [0.2, 0.25) is 0 Å². The number of halogens is 1. The Bertz CT molecular complexity index is 1050. The molecule has 0 bridgehead atoms. The number of Topliss-reactive ketones (excluding diaryl/α,β-unsaturated/α-hetero) is 1. The van der Waals surface area contributed by atoms with Crippen molar-refractivity contribution in [3.05, 3.63) is 63.4 Å². The molecule has 8 heteroatoms. The zero-order valence-electron chi connectivity index (χ0n) is 18.7. The van der Waals surface area contributed by atoms with Crippen LogP contribution in [0.1, 0.15) is 42.4 Å². The van der Waals surface area contributed by atoms with E-state index >= 15 is 0 Å². The first-order valence-corrected chi connectivity index (χ1v) is 11.7. The number of amides is 1. The van der Waals surface area contributed by atoms with Crippen molar-refractivity contribution in [2.45, 2.75) is 39.2 Å². The van der Waals surface area contributed by atoms with Crippen molar-refractivity contribution in [1.29, 1.82) is 0 Å². The number of thiophene rings is 1. The quantitative estimate of drug-likeness (QED) is 0.422. The molecule has 0 saturated heterocycles. The number of alkyl carbamates (subject to hydrolysis) is 1. The predicted molar refractivity (Wildman–Crippen MR) is 128 cm³/mol. The van der Waals surface area contributed by atoms with E-state index in [-0.39, 0.29) is 11.7 Å². The number of carbonyl (C=O) groups is 2. The molecule has 32 heavy (non-hydrogen) atoms. The highest BCUT2D eigenvalue weighted by molar-refractivity contribution is 7.12. The first-order chi connectivity index (χ1) is 15.1. The molecule has 170 valence electrons. The van der Waals surface area contributed by atoms with Crippen molar-refractivity contribution in [2.24, 2.45) is 13.0 Å². The molecule has 0 saturated carbocycles. The van der Waals surface area contributed by atoms with Gasteiger partial charge in [-0.3, -0.25) is 9.48 Å². The second-order valence-electron chi connectivity index (χ2n) is 8.73. The Morgan fingerprint density at radius 3 is 2.59 bits per heavy atom. The number of aromatic nitrogens is 2. The van der Waals surface area contributed by atoms with Crippen LogP contribution in [0.15, 0.2) is 48.0 Å². The third kappa shape index (κ3) is 6.68. The van der Waals surface area contributed by atoms with Crippen LogP contribution in [0.2, 0.25) is 5.02 Å². The van der Waals surface area contributed by atoms with E-state index in [0.717, 1.165) is 16.8 Å². The molecule has 3 aromatic rings. The summed E-state index contributed by atoms with van der Waals surface area (Å²) in [5.74, 6) is -0.0327. The molecule has 1 atom stereocenters. The standard InChI is InChI=1S/C24H28ClN3O3S/c1-24(2,3)31-23(30)26-13-17(10-16-8-6-5-7-9-16)11-20(29)21-12-18(15-32-21)22-19(25)14-27-28(22)4/h5-9,12,14-15,17H,10-11,13H2,1-4H3,(H,26,30). The second kappa shape index (κ2) is 10.3. The Balaban J connectivity index is 1.71. The molecule has 0 aliphatic carbocycles. The molecule has 2 aromatic heterocycles. The lowest BCUT2D eigenvalue weighted by atomic mass is 9.93. The van der Waals surface area contributed by atoms with Gasteiger partial charge in [-0.15, -0.1) is 11.3 Å². The van der Waals surface area contributed by atoms with Crippen molar-refractivity contribution in [2.75, 3.05) is 6.54 Å². The Kier molecular flexibility index (Phi) is 7.74. The van der Waals surface area contributed by atoms with Crippen LogP contribution in [0.25, 0.3) is 11.3 Å². The Morgan fingerprint density at radius 2 is 1.97 bits per heavy atom. The Morgan fingerprint density at radius 1 is 1.25 bits per heavy atom. The third-order valence-electron chi connectivity index (χ3n) is 4.82.